The molecule has 0 amide bonds. The van der Waals surface area contributed by atoms with Crippen LogP contribution in [-0.2, 0) is 0 Å². The molecule has 0 aliphatic carbocycles. The molecule has 0 aliphatic heterocycles. The number of aromatic amines is 1. The molecule has 0 aliphatic rings. The maximum atomic E-state index is 9.98. The van der Waals surface area contributed by atoms with E-state index in [0.717, 1.165) is 0 Å². The first-order valence-electron chi connectivity index (χ1n) is 2.21. The summed E-state index contributed by atoms with van der Waals surface area (Å²) in [5.74, 6) is -0.470. The van der Waals surface area contributed by atoms with Crippen LogP contribution in [0.5, 0.6) is 0 Å². The van der Waals surface area contributed by atoms with E-state index in [2.05, 4.69) is 10.3 Å². The Hall–Kier alpha value is -0.970. The Labute approximate surface area is 82.8 Å². The number of H-pyrrole nitrogens is 1. The van der Waals surface area contributed by atoms with Crippen LogP contribution in [0.25, 0.3) is 0 Å². The monoisotopic (exact) mass is 163 g/mol. The summed E-state index contributed by atoms with van der Waals surface area (Å²) in [4.78, 5) is 9.23. The summed E-state index contributed by atoms with van der Waals surface area (Å²) in [7, 11) is 0. The molecular weight excluding hydrogens is 161 g/mol. The van der Waals surface area contributed by atoms with Gasteiger partial charge in [0.25, 0.3) is 5.69 Å². The second-order valence-corrected chi connectivity index (χ2v) is 1.38. The molecule has 0 aromatic carbocycles. The first kappa shape index (κ1) is 10.0. The van der Waals surface area contributed by atoms with Gasteiger partial charge in [-0.25, -0.2) is 0 Å². The Morgan fingerprint density at radius 1 is 1.73 bits per heavy atom. The average molecular weight is 163 g/mol. The molecule has 0 spiro atoms. The summed E-state index contributed by atoms with van der Waals surface area (Å²) >= 11 is 0. The normalized spacial score (nSPS) is 7.91. The van der Waals surface area contributed by atoms with Crippen LogP contribution in [0.1, 0.15) is 5.69 Å². The SMILES string of the molecule is N#Cc1nn[nH]c1[N+](=O)[O-].[NaH]. The number of rotatable bonds is 1. The Morgan fingerprint density at radius 2 is 2.36 bits per heavy atom. The first-order chi connectivity index (χ1) is 4.75. The zero-order valence-electron chi connectivity index (χ0n) is 4.61. The molecule has 52 valence electrons. The Balaban J connectivity index is 0.000001000. The van der Waals surface area contributed by atoms with Crippen LogP contribution < -0.4 is 0 Å². The van der Waals surface area contributed by atoms with E-state index in [-0.39, 0.29) is 35.3 Å². The van der Waals surface area contributed by atoms with Crippen molar-refractivity contribution in [1.82, 2.24) is 15.4 Å². The van der Waals surface area contributed by atoms with Crippen LogP contribution in [-0.4, -0.2) is 49.9 Å². The third kappa shape index (κ3) is 1.98. The molecule has 7 nitrogen and oxygen atoms in total. The molecule has 0 saturated heterocycles. The molecule has 1 rings (SSSR count). The van der Waals surface area contributed by atoms with E-state index >= 15 is 0 Å². The molecule has 1 heterocycles. The number of hydrogen-bond donors (Lipinski definition) is 1. The summed E-state index contributed by atoms with van der Waals surface area (Å²) in [6.45, 7) is 0. The fourth-order valence-corrected chi connectivity index (χ4v) is 0.425. The van der Waals surface area contributed by atoms with Crippen molar-refractivity contribution in [1.29, 1.82) is 5.26 Å². The van der Waals surface area contributed by atoms with Crippen molar-refractivity contribution in [2.24, 2.45) is 0 Å². The van der Waals surface area contributed by atoms with E-state index in [4.69, 9.17) is 5.26 Å². The summed E-state index contributed by atoms with van der Waals surface area (Å²) < 4.78 is 0. The van der Waals surface area contributed by atoms with Gasteiger partial charge < -0.3 is 10.1 Å². The molecule has 0 radical (unpaired) electrons. The molecule has 0 fully saturated rings. The fraction of sp³-hybridized carbons (Fsp3) is 0. The van der Waals surface area contributed by atoms with E-state index in [9.17, 15) is 10.1 Å². The minimum absolute atomic E-state index is 0. The van der Waals surface area contributed by atoms with Gasteiger partial charge in [-0.15, -0.1) is 5.10 Å². The number of nitro groups is 1. The molecule has 1 N–H and O–H groups in total. The second kappa shape index (κ2) is 4.02. The standard InChI is InChI=1S/C3HN5O2.Na.H/c4-1-2-3(8(9)10)6-7-5-2;;/h(H,5,6,7);;. The molecular formula is C3H2N5NaO2. The molecule has 11 heavy (non-hydrogen) atoms. The van der Waals surface area contributed by atoms with Crippen LogP contribution in [0.15, 0.2) is 0 Å². The number of hydrogen-bond acceptors (Lipinski definition) is 5. The molecule has 0 unspecified atom stereocenters. The van der Waals surface area contributed by atoms with Gasteiger partial charge in [0.1, 0.15) is 6.07 Å². The zero-order valence-corrected chi connectivity index (χ0v) is 4.61. The van der Waals surface area contributed by atoms with Gasteiger partial charge in [0.15, 0.2) is 0 Å². The van der Waals surface area contributed by atoms with Crippen LogP contribution in [0.2, 0.25) is 0 Å². The summed E-state index contributed by atoms with van der Waals surface area (Å²) in [5.41, 5.74) is -0.301. The molecule has 1 aromatic rings. The van der Waals surface area contributed by atoms with Crippen molar-refractivity contribution in [2.45, 2.75) is 0 Å². The van der Waals surface area contributed by atoms with Gasteiger partial charge >= 0.3 is 35.4 Å². The third-order valence-electron chi connectivity index (χ3n) is 0.819. The van der Waals surface area contributed by atoms with Crippen molar-refractivity contribution >= 4 is 35.4 Å². The summed E-state index contributed by atoms with van der Waals surface area (Å²) in [6.07, 6.45) is 0. The minimum atomic E-state index is -0.751. The quantitative estimate of drug-likeness (QED) is 0.322. The Morgan fingerprint density at radius 3 is 2.73 bits per heavy atom. The van der Waals surface area contributed by atoms with Crippen molar-refractivity contribution in [2.75, 3.05) is 0 Å². The van der Waals surface area contributed by atoms with E-state index in [0.29, 0.717) is 0 Å². The van der Waals surface area contributed by atoms with Crippen LogP contribution in [0.4, 0.5) is 5.82 Å². The zero-order chi connectivity index (χ0) is 7.56. The topological polar surface area (TPSA) is 108 Å². The number of aromatic nitrogens is 3. The first-order valence-corrected chi connectivity index (χ1v) is 2.21. The van der Waals surface area contributed by atoms with Gasteiger partial charge in [-0.1, -0.05) is 5.10 Å². The van der Waals surface area contributed by atoms with Gasteiger partial charge in [-0.2, -0.15) is 5.26 Å². The van der Waals surface area contributed by atoms with Crippen LogP contribution in [0.3, 0.4) is 0 Å². The van der Waals surface area contributed by atoms with E-state index < -0.39 is 10.7 Å². The van der Waals surface area contributed by atoms with Crippen molar-refractivity contribution in [3.8, 4) is 6.07 Å². The van der Waals surface area contributed by atoms with Gasteiger partial charge in [0.2, 0.25) is 0 Å². The van der Waals surface area contributed by atoms with Gasteiger partial charge in [0.05, 0.1) is 0 Å². The van der Waals surface area contributed by atoms with Gasteiger partial charge in [-0.05, 0) is 4.92 Å². The van der Waals surface area contributed by atoms with Crippen LogP contribution in [0, 0.1) is 21.4 Å². The number of nitriles is 1. The molecule has 0 atom stereocenters. The van der Waals surface area contributed by atoms with Gasteiger partial charge in [0, 0.05) is 5.21 Å². The summed E-state index contributed by atoms with van der Waals surface area (Å²) in [6, 6.07) is 1.51. The van der Waals surface area contributed by atoms with E-state index in [1.54, 1.807) is 0 Å². The fourth-order valence-electron chi connectivity index (χ4n) is 0.425. The van der Waals surface area contributed by atoms with Crippen LogP contribution >= 0.6 is 0 Å². The molecule has 0 saturated carbocycles. The predicted octanol–water partition coefficient (Wildman–Crippen LogP) is -1.06. The third-order valence-corrected chi connectivity index (χ3v) is 0.819. The van der Waals surface area contributed by atoms with E-state index in [1.807, 2.05) is 5.10 Å². The maximum absolute atomic E-state index is 9.98. The number of nitrogens with zero attached hydrogens (tertiary/aromatic N) is 4. The second-order valence-electron chi connectivity index (χ2n) is 1.38. The van der Waals surface area contributed by atoms with Crippen molar-refractivity contribution in [3.05, 3.63) is 15.8 Å². The molecule has 0 bridgehead atoms. The molecule has 8 heteroatoms. The Kier molecular flexibility index (Phi) is 3.67. The Bertz CT molecular complexity index is 301. The average Bonchev–Trinajstić information content (AvgIpc) is 2.33. The van der Waals surface area contributed by atoms with E-state index in [1.165, 1.54) is 6.07 Å². The van der Waals surface area contributed by atoms with Crippen molar-refractivity contribution < 1.29 is 4.92 Å². The number of nitrogens with one attached hydrogen (secondary N) is 1. The molecule has 1 aromatic heterocycles. The van der Waals surface area contributed by atoms with Crippen molar-refractivity contribution in [3.63, 3.8) is 0 Å². The van der Waals surface area contributed by atoms with Gasteiger partial charge in [-0.3, -0.25) is 0 Å². The predicted molar refractivity (Wildman–Crippen MR) is 34.9 cm³/mol. The summed E-state index contributed by atoms with van der Waals surface area (Å²) in [5, 5.41) is 26.4.